The Morgan fingerprint density at radius 1 is 1.00 bits per heavy atom. The van der Waals surface area contributed by atoms with Crippen molar-refractivity contribution < 1.29 is 14.3 Å². The number of benzene rings is 2. The van der Waals surface area contributed by atoms with Crippen molar-refractivity contribution in [1.29, 1.82) is 0 Å². The molecule has 0 radical (unpaired) electrons. The third-order valence-corrected chi connectivity index (χ3v) is 4.82. The van der Waals surface area contributed by atoms with Crippen LogP contribution in [0.3, 0.4) is 0 Å². The Kier molecular flexibility index (Phi) is 3.68. The molecule has 4 heteroatoms. The molecular weight excluding hydrogens is 314 g/mol. The first-order chi connectivity index (χ1) is 12.0. The Labute approximate surface area is 146 Å². The van der Waals surface area contributed by atoms with Crippen molar-refractivity contribution in [2.24, 2.45) is 0 Å². The first kappa shape index (κ1) is 15.6. The molecule has 25 heavy (non-hydrogen) atoms. The van der Waals surface area contributed by atoms with E-state index in [1.165, 1.54) is 0 Å². The quantitative estimate of drug-likeness (QED) is 0.788. The summed E-state index contributed by atoms with van der Waals surface area (Å²) < 4.78 is 5.31. The van der Waals surface area contributed by atoms with E-state index in [1.807, 2.05) is 62.4 Å². The fourth-order valence-electron chi connectivity index (χ4n) is 3.69. The molecular formula is C21H19NO3. The van der Waals surface area contributed by atoms with Crippen LogP contribution >= 0.6 is 0 Å². The number of hydrogen-bond donors (Lipinski definition) is 0. The Balaban J connectivity index is 1.84. The van der Waals surface area contributed by atoms with Gasteiger partial charge < -0.3 is 4.74 Å². The number of amides is 1. The number of hydrogen-bond acceptors (Lipinski definition) is 3. The summed E-state index contributed by atoms with van der Waals surface area (Å²) in [5.41, 5.74) is 5.25. The van der Waals surface area contributed by atoms with Crippen molar-refractivity contribution >= 4 is 17.6 Å². The average Bonchev–Trinajstić information content (AvgIpc) is 2.96. The van der Waals surface area contributed by atoms with Crippen LogP contribution in [0.15, 0.2) is 59.8 Å². The van der Waals surface area contributed by atoms with Crippen LogP contribution in [0.25, 0.3) is 0 Å². The molecule has 2 heterocycles. The van der Waals surface area contributed by atoms with Crippen LogP contribution in [0.4, 0.5) is 5.69 Å². The number of rotatable bonds is 2. The second-order valence-corrected chi connectivity index (χ2v) is 6.68. The molecule has 1 unspecified atom stereocenters. The van der Waals surface area contributed by atoms with E-state index in [2.05, 4.69) is 0 Å². The Bertz CT molecular complexity index is 913. The maximum Gasteiger partial charge on any atom is 0.336 e. The van der Waals surface area contributed by atoms with Crippen LogP contribution < -0.4 is 4.90 Å². The van der Waals surface area contributed by atoms with Gasteiger partial charge in [0.1, 0.15) is 6.61 Å². The molecule has 0 N–H and O–H groups in total. The van der Waals surface area contributed by atoms with E-state index in [9.17, 15) is 9.59 Å². The number of nitrogens with zero attached hydrogens (tertiary/aromatic N) is 1. The van der Waals surface area contributed by atoms with E-state index in [0.717, 1.165) is 22.4 Å². The number of esters is 1. The molecule has 0 fully saturated rings. The second-order valence-electron chi connectivity index (χ2n) is 6.68. The minimum Gasteiger partial charge on any atom is -0.456 e. The lowest BCUT2D eigenvalue weighted by Crippen LogP contribution is -2.37. The molecule has 0 saturated carbocycles. The lowest BCUT2D eigenvalue weighted by atomic mass is 9.83. The van der Waals surface area contributed by atoms with E-state index in [-0.39, 0.29) is 30.8 Å². The zero-order valence-electron chi connectivity index (χ0n) is 14.3. The molecule has 126 valence electrons. The van der Waals surface area contributed by atoms with Gasteiger partial charge in [-0.15, -0.1) is 0 Å². The maximum atomic E-state index is 12.9. The molecule has 0 spiro atoms. The van der Waals surface area contributed by atoms with Gasteiger partial charge in [-0.2, -0.15) is 0 Å². The van der Waals surface area contributed by atoms with Crippen molar-refractivity contribution in [3.8, 4) is 0 Å². The van der Waals surface area contributed by atoms with Crippen molar-refractivity contribution in [2.45, 2.75) is 26.2 Å². The number of carbonyl (C=O) groups is 2. The summed E-state index contributed by atoms with van der Waals surface area (Å²) in [4.78, 5) is 27.0. The van der Waals surface area contributed by atoms with Gasteiger partial charge in [-0.05, 0) is 37.1 Å². The minimum absolute atomic E-state index is 0.00541. The summed E-state index contributed by atoms with van der Waals surface area (Å²) >= 11 is 0. The highest BCUT2D eigenvalue weighted by Crippen LogP contribution is 2.42. The van der Waals surface area contributed by atoms with Gasteiger partial charge in [0.25, 0.3) is 0 Å². The van der Waals surface area contributed by atoms with Crippen molar-refractivity contribution in [3.63, 3.8) is 0 Å². The molecule has 2 aliphatic rings. The molecule has 2 aliphatic heterocycles. The van der Waals surface area contributed by atoms with Gasteiger partial charge in [0.2, 0.25) is 5.91 Å². The van der Waals surface area contributed by atoms with Gasteiger partial charge in [0, 0.05) is 18.0 Å². The first-order valence-corrected chi connectivity index (χ1v) is 8.41. The third kappa shape index (κ3) is 2.64. The molecule has 2 aromatic rings. The first-order valence-electron chi connectivity index (χ1n) is 8.41. The molecule has 4 nitrogen and oxygen atoms in total. The summed E-state index contributed by atoms with van der Waals surface area (Å²) in [6.07, 6.45) is 0.269. The maximum absolute atomic E-state index is 12.9. The highest BCUT2D eigenvalue weighted by atomic mass is 16.5. The van der Waals surface area contributed by atoms with E-state index < -0.39 is 0 Å². The number of ether oxygens (including phenoxy) is 1. The molecule has 0 saturated heterocycles. The van der Waals surface area contributed by atoms with Crippen molar-refractivity contribution in [1.82, 2.24) is 0 Å². The fourth-order valence-corrected chi connectivity index (χ4v) is 3.69. The van der Waals surface area contributed by atoms with Crippen LogP contribution in [0.2, 0.25) is 0 Å². The van der Waals surface area contributed by atoms with Crippen LogP contribution in [-0.2, 0) is 14.3 Å². The highest BCUT2D eigenvalue weighted by molar-refractivity contribution is 6.06. The summed E-state index contributed by atoms with van der Waals surface area (Å²) in [5, 5.41) is 0. The Hall–Kier alpha value is -2.88. The summed E-state index contributed by atoms with van der Waals surface area (Å²) in [6.45, 7) is 4.14. The van der Waals surface area contributed by atoms with Gasteiger partial charge in [-0.25, -0.2) is 4.79 Å². The lowest BCUT2D eigenvalue weighted by molar-refractivity contribution is -0.136. The molecule has 4 rings (SSSR count). The van der Waals surface area contributed by atoms with Crippen LogP contribution in [0, 0.1) is 13.8 Å². The third-order valence-electron chi connectivity index (χ3n) is 4.82. The van der Waals surface area contributed by atoms with Gasteiger partial charge in [-0.3, -0.25) is 9.69 Å². The molecule has 1 amide bonds. The number of carbonyl (C=O) groups excluding carboxylic acids is 2. The molecule has 0 aliphatic carbocycles. The van der Waals surface area contributed by atoms with Crippen molar-refractivity contribution in [2.75, 3.05) is 11.5 Å². The van der Waals surface area contributed by atoms with Gasteiger partial charge in [0.05, 0.1) is 11.3 Å². The van der Waals surface area contributed by atoms with E-state index in [0.29, 0.717) is 11.3 Å². The summed E-state index contributed by atoms with van der Waals surface area (Å²) in [7, 11) is 0. The Morgan fingerprint density at radius 3 is 2.44 bits per heavy atom. The number of anilines is 1. The molecule has 0 bridgehead atoms. The smallest absolute Gasteiger partial charge is 0.336 e. The molecule has 0 aromatic heterocycles. The summed E-state index contributed by atoms with van der Waals surface area (Å²) in [6, 6.07) is 15.7. The van der Waals surface area contributed by atoms with Gasteiger partial charge >= 0.3 is 5.97 Å². The van der Waals surface area contributed by atoms with Crippen LogP contribution in [0.5, 0.6) is 0 Å². The number of aryl methyl sites for hydroxylation is 2. The molecule has 1 atom stereocenters. The van der Waals surface area contributed by atoms with Crippen LogP contribution in [0.1, 0.15) is 29.0 Å². The highest BCUT2D eigenvalue weighted by Gasteiger charge is 2.42. The topological polar surface area (TPSA) is 46.6 Å². The average molecular weight is 333 g/mol. The predicted molar refractivity (Wildman–Crippen MR) is 95.2 cm³/mol. The largest absolute Gasteiger partial charge is 0.456 e. The lowest BCUT2D eigenvalue weighted by Gasteiger charge is -2.32. The van der Waals surface area contributed by atoms with Gasteiger partial charge in [-0.1, -0.05) is 42.0 Å². The number of cyclic esters (lactones) is 1. The summed E-state index contributed by atoms with van der Waals surface area (Å²) in [5.74, 6) is -0.556. The van der Waals surface area contributed by atoms with E-state index in [1.54, 1.807) is 4.90 Å². The van der Waals surface area contributed by atoms with E-state index in [4.69, 9.17) is 4.74 Å². The second kappa shape index (κ2) is 5.88. The van der Waals surface area contributed by atoms with Crippen LogP contribution in [-0.4, -0.2) is 18.5 Å². The van der Waals surface area contributed by atoms with E-state index >= 15 is 0 Å². The monoisotopic (exact) mass is 333 g/mol. The predicted octanol–water partition coefficient (Wildman–Crippen LogP) is 3.63. The zero-order chi connectivity index (χ0) is 17.6. The minimum atomic E-state index is -0.313. The van der Waals surface area contributed by atoms with Gasteiger partial charge in [0.15, 0.2) is 0 Å². The fraction of sp³-hybridized carbons (Fsp3) is 0.238. The molecule has 2 aromatic carbocycles. The normalized spacial score (nSPS) is 19.9. The SMILES string of the molecule is Cc1cccc(C2CC(=O)N(c3cccc(C)c3)C3=C2C(=O)OC3)c1. The zero-order valence-corrected chi connectivity index (χ0v) is 14.3. The standard InChI is InChI=1S/C21H19NO3/c1-13-5-3-7-15(9-13)17-11-19(23)22(16-8-4-6-14(2)10-16)18-12-25-21(24)20(17)18/h3-10,17H,11-12H2,1-2H3. The van der Waals surface area contributed by atoms with Crippen molar-refractivity contribution in [3.05, 3.63) is 76.5 Å². The Morgan fingerprint density at radius 2 is 1.72 bits per heavy atom.